The lowest BCUT2D eigenvalue weighted by Gasteiger charge is -2.10. The van der Waals surface area contributed by atoms with Crippen molar-refractivity contribution in [3.8, 4) is 39.6 Å². The molecule has 0 saturated heterocycles. The first-order valence-electron chi connectivity index (χ1n) is 11.1. The van der Waals surface area contributed by atoms with Crippen molar-refractivity contribution in [2.75, 3.05) is 0 Å². The van der Waals surface area contributed by atoms with Crippen LogP contribution in [0.1, 0.15) is 27.8 Å². The average molecular weight is 520 g/mol. The zero-order valence-electron chi connectivity index (χ0n) is 18.9. The lowest BCUT2D eigenvalue weighted by Crippen LogP contribution is -2.07. The van der Waals surface area contributed by atoms with E-state index in [1.807, 2.05) is 0 Å². The van der Waals surface area contributed by atoms with Crippen molar-refractivity contribution in [2.24, 2.45) is 4.99 Å². The third-order valence-corrected chi connectivity index (χ3v) is 6.83. The van der Waals surface area contributed by atoms with E-state index in [1.54, 1.807) is 24.3 Å². The molecule has 2 aliphatic rings. The van der Waals surface area contributed by atoms with Gasteiger partial charge in [0.2, 0.25) is 6.19 Å². The first kappa shape index (κ1) is 23.7. The summed E-state index contributed by atoms with van der Waals surface area (Å²) < 4.78 is 97.5. The van der Waals surface area contributed by atoms with Gasteiger partial charge in [-0.2, -0.15) is 23.4 Å². The van der Waals surface area contributed by atoms with E-state index in [4.69, 9.17) is 5.26 Å². The molecule has 186 valence electrons. The number of nitriles is 1. The number of fused-ring (bicyclic) bond motifs is 6. The number of aliphatic imine (C=N–C) groups is 1. The number of hydrogen-bond acceptors (Lipinski definition) is 2. The molecule has 0 atom stereocenters. The highest BCUT2D eigenvalue weighted by Gasteiger charge is 2.38. The highest BCUT2D eigenvalue weighted by molar-refractivity contribution is 6.26. The smallest absolute Gasteiger partial charge is 0.203 e. The van der Waals surface area contributed by atoms with Gasteiger partial charge in [-0.05, 0) is 74.8 Å². The zero-order chi connectivity index (χ0) is 27.1. The molecule has 0 spiro atoms. The van der Waals surface area contributed by atoms with Crippen molar-refractivity contribution in [1.29, 1.82) is 5.26 Å². The minimum atomic E-state index is -4.51. The third-order valence-electron chi connectivity index (χ3n) is 6.83. The predicted molar refractivity (Wildman–Crippen MR) is 127 cm³/mol. The van der Waals surface area contributed by atoms with E-state index >= 15 is 0 Å². The van der Waals surface area contributed by atoms with Crippen LogP contribution in [0.4, 0.5) is 30.7 Å². The molecule has 0 N–H and O–H groups in total. The molecular formula is C29H11F7N2. The monoisotopic (exact) mass is 520 g/mol. The molecular weight excluding hydrogens is 509 g/mol. The number of nitrogens with zero attached hydrogens (tertiary/aromatic N) is 2. The first-order valence-corrected chi connectivity index (χ1v) is 11.1. The Kier molecular flexibility index (Phi) is 4.92. The number of halogens is 7. The Morgan fingerprint density at radius 2 is 1.29 bits per heavy atom. The maximum atomic E-state index is 14.9. The third kappa shape index (κ3) is 3.16. The van der Waals surface area contributed by atoms with Gasteiger partial charge < -0.3 is 0 Å². The van der Waals surface area contributed by atoms with Gasteiger partial charge in [-0.3, -0.25) is 0 Å². The SMILES string of the molecule is C=C1c2cc(-c3cccc(C(F)(F)F)c3)ccc2-c2cc3c(cc21)-c1c(F)c(F)c(F)c(F)c1/C3=N\C#N. The lowest BCUT2D eigenvalue weighted by molar-refractivity contribution is -0.137. The molecule has 0 radical (unpaired) electrons. The van der Waals surface area contributed by atoms with Gasteiger partial charge >= 0.3 is 6.18 Å². The molecule has 4 aromatic carbocycles. The standard InChI is InChI=1S/C29H11F7N2/c1-12-17-8-14(13-3-2-4-15(7-13)29(34,35)36)5-6-16(17)19-10-21-20(9-18(12)19)22-23(28(21)38-11-37)25(31)27(33)26(32)24(22)30/h2-10H,1H2/b38-28-. The number of benzene rings is 4. The molecule has 0 unspecified atom stereocenters. The number of hydrogen-bond donors (Lipinski definition) is 0. The summed E-state index contributed by atoms with van der Waals surface area (Å²) in [5.74, 6) is -7.27. The van der Waals surface area contributed by atoms with E-state index in [2.05, 4.69) is 11.6 Å². The average Bonchev–Trinajstić information content (AvgIpc) is 3.36. The van der Waals surface area contributed by atoms with Gasteiger partial charge in [0.1, 0.15) is 0 Å². The largest absolute Gasteiger partial charge is 0.416 e. The number of alkyl halides is 3. The maximum absolute atomic E-state index is 14.9. The van der Waals surface area contributed by atoms with Crippen molar-refractivity contribution in [1.82, 2.24) is 0 Å². The van der Waals surface area contributed by atoms with Crippen molar-refractivity contribution in [3.63, 3.8) is 0 Å². The molecule has 38 heavy (non-hydrogen) atoms. The summed E-state index contributed by atoms with van der Waals surface area (Å²) in [6.07, 6.45) is -3.02. The molecule has 0 bridgehead atoms. The molecule has 0 amide bonds. The molecule has 0 heterocycles. The molecule has 2 nitrogen and oxygen atoms in total. The van der Waals surface area contributed by atoms with E-state index in [-0.39, 0.29) is 16.8 Å². The van der Waals surface area contributed by atoms with Gasteiger partial charge in [-0.15, -0.1) is 0 Å². The summed E-state index contributed by atoms with van der Waals surface area (Å²) in [6.45, 7) is 4.07. The molecule has 2 aliphatic carbocycles. The molecule has 0 saturated carbocycles. The Labute approximate surface area is 210 Å². The summed E-state index contributed by atoms with van der Waals surface area (Å²) in [4.78, 5) is 3.57. The minimum Gasteiger partial charge on any atom is -0.203 e. The second-order valence-electron chi connectivity index (χ2n) is 8.83. The molecule has 9 heteroatoms. The van der Waals surface area contributed by atoms with Crippen LogP contribution in [0.2, 0.25) is 0 Å². The fraction of sp³-hybridized carbons (Fsp3) is 0.0345. The molecule has 0 aromatic heterocycles. The minimum absolute atomic E-state index is 0.00936. The highest BCUT2D eigenvalue weighted by atomic mass is 19.4. The topological polar surface area (TPSA) is 36.1 Å². The summed E-state index contributed by atoms with van der Waals surface area (Å²) >= 11 is 0. The van der Waals surface area contributed by atoms with E-state index in [1.165, 1.54) is 24.4 Å². The first-order chi connectivity index (χ1) is 18.0. The Hall–Kier alpha value is -4.71. The van der Waals surface area contributed by atoms with Gasteiger partial charge in [-0.1, -0.05) is 30.8 Å². The Bertz CT molecular complexity index is 1820. The summed E-state index contributed by atoms with van der Waals surface area (Å²) in [7, 11) is 0. The van der Waals surface area contributed by atoms with Crippen molar-refractivity contribution in [3.05, 3.63) is 112 Å². The van der Waals surface area contributed by atoms with Gasteiger partial charge in [-0.25, -0.2) is 17.6 Å². The van der Waals surface area contributed by atoms with Crippen LogP contribution in [0.25, 0.3) is 39.0 Å². The van der Waals surface area contributed by atoms with E-state index < -0.39 is 46.1 Å². The predicted octanol–water partition coefficient (Wildman–Crippen LogP) is 8.27. The molecule has 0 fully saturated rings. The van der Waals surface area contributed by atoms with Gasteiger partial charge in [0.15, 0.2) is 23.3 Å². The van der Waals surface area contributed by atoms with Crippen LogP contribution in [0, 0.1) is 34.7 Å². The van der Waals surface area contributed by atoms with Crippen LogP contribution in [0.5, 0.6) is 0 Å². The second kappa shape index (κ2) is 7.89. The van der Waals surface area contributed by atoms with Crippen LogP contribution in [0.15, 0.2) is 66.2 Å². The van der Waals surface area contributed by atoms with Crippen LogP contribution in [-0.4, -0.2) is 5.71 Å². The van der Waals surface area contributed by atoms with Gasteiger partial charge in [0.25, 0.3) is 0 Å². The van der Waals surface area contributed by atoms with Gasteiger partial charge in [0, 0.05) is 11.1 Å². The highest BCUT2D eigenvalue weighted by Crippen LogP contribution is 2.51. The van der Waals surface area contributed by atoms with E-state index in [9.17, 15) is 30.7 Å². The Balaban J connectivity index is 1.53. The van der Waals surface area contributed by atoms with Crippen molar-refractivity contribution >= 4 is 11.3 Å². The van der Waals surface area contributed by atoms with Crippen LogP contribution >= 0.6 is 0 Å². The fourth-order valence-corrected chi connectivity index (χ4v) is 5.11. The molecule has 6 rings (SSSR count). The summed E-state index contributed by atoms with van der Waals surface area (Å²) in [6, 6.07) is 12.8. The van der Waals surface area contributed by atoms with Crippen molar-refractivity contribution < 1.29 is 30.7 Å². The second-order valence-corrected chi connectivity index (χ2v) is 8.83. The summed E-state index contributed by atoms with van der Waals surface area (Å²) in [5.41, 5.74) is 1.32. The number of rotatable bonds is 1. The Morgan fingerprint density at radius 3 is 1.97 bits per heavy atom. The van der Waals surface area contributed by atoms with Gasteiger partial charge in [0.05, 0.1) is 16.8 Å². The normalized spacial score (nSPS) is 14.3. The van der Waals surface area contributed by atoms with Crippen LogP contribution in [-0.2, 0) is 6.18 Å². The van der Waals surface area contributed by atoms with E-state index in [0.29, 0.717) is 39.0 Å². The van der Waals surface area contributed by atoms with Crippen LogP contribution in [0.3, 0.4) is 0 Å². The maximum Gasteiger partial charge on any atom is 0.416 e. The Morgan fingerprint density at radius 1 is 0.658 bits per heavy atom. The van der Waals surface area contributed by atoms with Crippen molar-refractivity contribution in [2.45, 2.75) is 6.18 Å². The molecule has 0 aliphatic heterocycles. The lowest BCUT2D eigenvalue weighted by atomic mass is 9.96. The van der Waals surface area contributed by atoms with Crippen LogP contribution < -0.4 is 0 Å². The quantitative estimate of drug-likeness (QED) is 0.0931. The fourth-order valence-electron chi connectivity index (χ4n) is 5.11. The van der Waals surface area contributed by atoms with E-state index in [0.717, 1.165) is 12.1 Å². The summed E-state index contributed by atoms with van der Waals surface area (Å²) in [5, 5.41) is 9.16. The molecule has 4 aromatic rings. The zero-order valence-corrected chi connectivity index (χ0v) is 18.9.